The van der Waals surface area contributed by atoms with Crippen molar-refractivity contribution in [3.63, 3.8) is 0 Å². The van der Waals surface area contributed by atoms with E-state index in [9.17, 15) is 18.0 Å². The van der Waals surface area contributed by atoms with E-state index in [0.717, 1.165) is 5.69 Å². The standard InChI is InChI=1S/C17H13F3N4O2/c18-17(19,20)16-23-15(24-26-16)12-6-4-11(5-7-12)9-14(25)22-10-13-3-1-2-8-21-13/h1-8H,9-10H2,(H,22,25). The number of hydrogen-bond donors (Lipinski definition) is 1. The summed E-state index contributed by atoms with van der Waals surface area (Å²) in [5.74, 6) is -1.75. The predicted molar refractivity (Wildman–Crippen MR) is 84.5 cm³/mol. The molecule has 3 rings (SSSR count). The molecule has 0 saturated carbocycles. The van der Waals surface area contributed by atoms with Gasteiger partial charge in [0.2, 0.25) is 11.7 Å². The van der Waals surface area contributed by atoms with Gasteiger partial charge < -0.3 is 9.84 Å². The first-order valence-electron chi connectivity index (χ1n) is 7.58. The molecule has 0 radical (unpaired) electrons. The Hall–Kier alpha value is -3.23. The molecule has 26 heavy (non-hydrogen) atoms. The molecule has 0 saturated heterocycles. The number of benzene rings is 1. The fraction of sp³-hybridized carbons (Fsp3) is 0.176. The molecule has 3 aromatic rings. The van der Waals surface area contributed by atoms with Gasteiger partial charge in [-0.15, -0.1) is 0 Å². The minimum absolute atomic E-state index is 0.132. The van der Waals surface area contributed by atoms with Gasteiger partial charge in [0.1, 0.15) is 0 Å². The molecular formula is C17H13F3N4O2. The number of carbonyl (C=O) groups excluding carboxylic acids is 1. The number of hydrogen-bond acceptors (Lipinski definition) is 5. The van der Waals surface area contributed by atoms with Crippen molar-refractivity contribution in [2.75, 3.05) is 0 Å². The summed E-state index contributed by atoms with van der Waals surface area (Å²) < 4.78 is 41.6. The molecule has 0 spiro atoms. The molecule has 0 aliphatic rings. The van der Waals surface area contributed by atoms with Crippen LogP contribution < -0.4 is 5.32 Å². The lowest BCUT2D eigenvalue weighted by molar-refractivity contribution is -0.159. The lowest BCUT2D eigenvalue weighted by Gasteiger charge is -2.05. The summed E-state index contributed by atoms with van der Waals surface area (Å²) in [7, 11) is 0. The second kappa shape index (κ2) is 7.34. The van der Waals surface area contributed by atoms with Crippen molar-refractivity contribution in [1.82, 2.24) is 20.4 Å². The van der Waals surface area contributed by atoms with E-state index in [1.165, 1.54) is 12.1 Å². The summed E-state index contributed by atoms with van der Waals surface area (Å²) in [6.07, 6.45) is -2.91. The van der Waals surface area contributed by atoms with Gasteiger partial charge in [0.25, 0.3) is 0 Å². The quantitative estimate of drug-likeness (QED) is 0.755. The number of rotatable bonds is 5. The molecule has 0 bridgehead atoms. The topological polar surface area (TPSA) is 80.9 Å². The van der Waals surface area contributed by atoms with Gasteiger partial charge in [-0.3, -0.25) is 9.78 Å². The monoisotopic (exact) mass is 362 g/mol. The maximum Gasteiger partial charge on any atom is 0.471 e. The molecule has 0 fully saturated rings. The van der Waals surface area contributed by atoms with Gasteiger partial charge in [0, 0.05) is 11.8 Å². The Kier molecular flexibility index (Phi) is 4.97. The smallest absolute Gasteiger partial charge is 0.350 e. The molecule has 0 aliphatic heterocycles. The van der Waals surface area contributed by atoms with Crippen LogP contribution in [0.4, 0.5) is 13.2 Å². The third-order valence-electron chi connectivity index (χ3n) is 3.44. The van der Waals surface area contributed by atoms with Crippen LogP contribution in [0.1, 0.15) is 17.1 Å². The largest absolute Gasteiger partial charge is 0.471 e. The molecule has 1 amide bonds. The van der Waals surface area contributed by atoms with Gasteiger partial charge in [-0.1, -0.05) is 35.5 Å². The fourth-order valence-electron chi connectivity index (χ4n) is 2.17. The molecule has 2 heterocycles. The number of amides is 1. The van der Waals surface area contributed by atoms with Crippen molar-refractivity contribution in [2.45, 2.75) is 19.1 Å². The van der Waals surface area contributed by atoms with E-state index >= 15 is 0 Å². The summed E-state index contributed by atoms with van der Waals surface area (Å²) in [4.78, 5) is 19.4. The van der Waals surface area contributed by atoms with E-state index in [2.05, 4.69) is 25.0 Å². The second-order valence-corrected chi connectivity index (χ2v) is 5.39. The molecular weight excluding hydrogens is 349 g/mol. The Morgan fingerprint density at radius 2 is 1.88 bits per heavy atom. The molecule has 1 N–H and O–H groups in total. The molecule has 0 unspecified atom stereocenters. The van der Waals surface area contributed by atoms with Gasteiger partial charge in [-0.05, 0) is 17.7 Å². The summed E-state index contributed by atoms with van der Waals surface area (Å²) in [5.41, 5.74) is 1.81. The van der Waals surface area contributed by atoms with Crippen LogP contribution in [0, 0.1) is 0 Å². The maximum absolute atomic E-state index is 12.5. The van der Waals surface area contributed by atoms with Crippen molar-refractivity contribution >= 4 is 5.91 Å². The lowest BCUT2D eigenvalue weighted by atomic mass is 10.1. The number of halogens is 3. The first-order chi connectivity index (χ1) is 12.4. The highest BCUT2D eigenvalue weighted by Crippen LogP contribution is 2.29. The van der Waals surface area contributed by atoms with Crippen LogP contribution in [-0.4, -0.2) is 21.0 Å². The highest BCUT2D eigenvalue weighted by molar-refractivity contribution is 5.78. The Labute approximate surface area is 146 Å². The highest BCUT2D eigenvalue weighted by atomic mass is 19.4. The van der Waals surface area contributed by atoms with E-state index in [1.54, 1.807) is 30.5 Å². The summed E-state index contributed by atoms with van der Waals surface area (Å²) >= 11 is 0. The molecule has 2 aromatic heterocycles. The van der Waals surface area contributed by atoms with Crippen LogP contribution >= 0.6 is 0 Å². The van der Waals surface area contributed by atoms with E-state index < -0.39 is 12.1 Å². The molecule has 9 heteroatoms. The predicted octanol–water partition coefficient (Wildman–Crippen LogP) is 3.01. The number of carbonyl (C=O) groups is 1. The zero-order chi connectivity index (χ0) is 18.6. The molecule has 6 nitrogen and oxygen atoms in total. The zero-order valence-corrected chi connectivity index (χ0v) is 13.3. The van der Waals surface area contributed by atoms with Crippen molar-refractivity contribution in [3.05, 3.63) is 65.8 Å². The minimum Gasteiger partial charge on any atom is -0.350 e. The fourth-order valence-corrected chi connectivity index (χ4v) is 2.17. The van der Waals surface area contributed by atoms with E-state index in [1.807, 2.05) is 6.07 Å². The SMILES string of the molecule is O=C(Cc1ccc(-c2noc(C(F)(F)F)n2)cc1)NCc1ccccn1. The van der Waals surface area contributed by atoms with Crippen molar-refractivity contribution < 1.29 is 22.5 Å². The normalized spacial score (nSPS) is 11.3. The minimum atomic E-state index is -4.68. The number of pyridine rings is 1. The van der Waals surface area contributed by atoms with Crippen LogP contribution in [0.5, 0.6) is 0 Å². The number of nitrogens with one attached hydrogen (secondary N) is 1. The van der Waals surface area contributed by atoms with Crippen LogP contribution in [0.3, 0.4) is 0 Å². The maximum atomic E-state index is 12.5. The third-order valence-corrected chi connectivity index (χ3v) is 3.44. The first kappa shape index (κ1) is 17.6. The summed E-state index contributed by atoms with van der Waals surface area (Å²) in [6.45, 7) is 0.320. The Bertz CT molecular complexity index is 877. The van der Waals surface area contributed by atoms with Crippen molar-refractivity contribution in [2.24, 2.45) is 0 Å². The van der Waals surface area contributed by atoms with E-state index in [0.29, 0.717) is 17.7 Å². The van der Waals surface area contributed by atoms with Gasteiger partial charge >= 0.3 is 12.1 Å². The van der Waals surface area contributed by atoms with Crippen LogP contribution in [0.25, 0.3) is 11.4 Å². The van der Waals surface area contributed by atoms with E-state index in [-0.39, 0.29) is 18.2 Å². The van der Waals surface area contributed by atoms with Crippen LogP contribution in [0.2, 0.25) is 0 Å². The Morgan fingerprint density at radius 3 is 2.50 bits per heavy atom. The van der Waals surface area contributed by atoms with Crippen LogP contribution in [-0.2, 0) is 23.9 Å². The van der Waals surface area contributed by atoms with Gasteiger partial charge in [0.15, 0.2) is 0 Å². The molecule has 134 valence electrons. The summed E-state index contributed by atoms with van der Waals surface area (Å²) in [6, 6.07) is 11.7. The number of alkyl halides is 3. The Balaban J connectivity index is 1.59. The lowest BCUT2D eigenvalue weighted by Crippen LogP contribution is -2.24. The number of aromatic nitrogens is 3. The second-order valence-electron chi connectivity index (χ2n) is 5.39. The third kappa shape index (κ3) is 4.44. The summed E-state index contributed by atoms with van der Waals surface area (Å²) in [5, 5.41) is 6.06. The number of nitrogens with zero attached hydrogens (tertiary/aromatic N) is 3. The van der Waals surface area contributed by atoms with E-state index in [4.69, 9.17) is 0 Å². The van der Waals surface area contributed by atoms with Gasteiger partial charge in [0.05, 0.1) is 18.7 Å². The molecule has 0 aliphatic carbocycles. The van der Waals surface area contributed by atoms with Crippen molar-refractivity contribution in [1.29, 1.82) is 0 Å². The van der Waals surface area contributed by atoms with Crippen molar-refractivity contribution in [3.8, 4) is 11.4 Å². The zero-order valence-electron chi connectivity index (χ0n) is 13.3. The molecule has 0 atom stereocenters. The first-order valence-corrected chi connectivity index (χ1v) is 7.58. The average Bonchev–Trinajstić information content (AvgIpc) is 3.12. The van der Waals surface area contributed by atoms with Crippen LogP contribution in [0.15, 0.2) is 53.2 Å². The Morgan fingerprint density at radius 1 is 1.12 bits per heavy atom. The highest BCUT2D eigenvalue weighted by Gasteiger charge is 2.38. The average molecular weight is 362 g/mol. The molecule has 1 aromatic carbocycles. The van der Waals surface area contributed by atoms with Gasteiger partial charge in [-0.2, -0.15) is 18.2 Å². The van der Waals surface area contributed by atoms with Gasteiger partial charge in [-0.25, -0.2) is 0 Å².